The summed E-state index contributed by atoms with van der Waals surface area (Å²) in [4.78, 5) is 28.2. The Balaban J connectivity index is 1.58. The van der Waals surface area contributed by atoms with Crippen molar-refractivity contribution in [3.05, 3.63) is 59.7 Å². The maximum absolute atomic E-state index is 12.0. The molecule has 2 N–H and O–H groups in total. The van der Waals surface area contributed by atoms with E-state index in [0.29, 0.717) is 23.8 Å². The SMILES string of the molecule is CCOC(=O)c1ccc2nc(NC(=O)NCCc3ccccc3)sc2c1. The summed E-state index contributed by atoms with van der Waals surface area (Å²) < 4.78 is 5.81. The Kier molecular flexibility index (Phi) is 5.80. The fourth-order valence-corrected chi connectivity index (χ4v) is 3.33. The number of urea groups is 1. The molecule has 2 aromatic carbocycles. The third kappa shape index (κ3) is 4.58. The standard InChI is InChI=1S/C19H19N3O3S/c1-2-25-17(23)14-8-9-15-16(12-14)26-19(21-15)22-18(24)20-11-10-13-6-4-3-5-7-13/h3-9,12H,2,10-11H2,1H3,(H2,20,21,22,24). The highest BCUT2D eigenvalue weighted by molar-refractivity contribution is 7.22. The van der Waals surface area contributed by atoms with Gasteiger partial charge in [0.2, 0.25) is 0 Å². The van der Waals surface area contributed by atoms with Crippen LogP contribution in [0.3, 0.4) is 0 Å². The molecule has 0 unspecified atom stereocenters. The molecule has 0 aliphatic heterocycles. The van der Waals surface area contributed by atoms with E-state index < -0.39 is 0 Å². The number of amides is 2. The van der Waals surface area contributed by atoms with Gasteiger partial charge in [-0.15, -0.1) is 0 Å². The van der Waals surface area contributed by atoms with E-state index >= 15 is 0 Å². The van der Waals surface area contributed by atoms with Crippen LogP contribution in [0.5, 0.6) is 0 Å². The Morgan fingerprint density at radius 2 is 1.96 bits per heavy atom. The van der Waals surface area contributed by atoms with Crippen molar-refractivity contribution >= 4 is 38.7 Å². The number of hydrogen-bond donors (Lipinski definition) is 2. The molecule has 134 valence electrons. The molecule has 0 radical (unpaired) electrons. The lowest BCUT2D eigenvalue weighted by atomic mass is 10.1. The lowest BCUT2D eigenvalue weighted by molar-refractivity contribution is 0.0526. The quantitative estimate of drug-likeness (QED) is 0.647. The lowest BCUT2D eigenvalue weighted by Gasteiger charge is -2.05. The van der Waals surface area contributed by atoms with Gasteiger partial charge in [-0.3, -0.25) is 5.32 Å². The Labute approximate surface area is 155 Å². The third-order valence-corrected chi connectivity index (χ3v) is 4.60. The number of rotatable bonds is 6. The van der Waals surface area contributed by atoms with Crippen molar-refractivity contribution in [3.63, 3.8) is 0 Å². The largest absolute Gasteiger partial charge is 0.462 e. The summed E-state index contributed by atoms with van der Waals surface area (Å²) in [6.07, 6.45) is 0.761. The molecule has 3 rings (SSSR count). The first-order chi connectivity index (χ1) is 12.7. The van der Waals surface area contributed by atoms with Gasteiger partial charge in [-0.1, -0.05) is 41.7 Å². The van der Waals surface area contributed by atoms with Crippen LogP contribution in [0.4, 0.5) is 9.93 Å². The Morgan fingerprint density at radius 3 is 2.73 bits per heavy atom. The summed E-state index contributed by atoms with van der Waals surface area (Å²) in [5.74, 6) is -0.365. The van der Waals surface area contributed by atoms with Crippen LogP contribution in [0.1, 0.15) is 22.8 Å². The van der Waals surface area contributed by atoms with E-state index in [1.165, 1.54) is 16.9 Å². The number of thiazole rings is 1. The van der Waals surface area contributed by atoms with Crippen molar-refractivity contribution in [3.8, 4) is 0 Å². The van der Waals surface area contributed by atoms with Gasteiger partial charge in [-0.2, -0.15) is 0 Å². The predicted molar refractivity (Wildman–Crippen MR) is 103 cm³/mol. The van der Waals surface area contributed by atoms with Gasteiger partial charge < -0.3 is 10.1 Å². The molecular formula is C19H19N3O3S. The van der Waals surface area contributed by atoms with Crippen LogP contribution in [0.15, 0.2) is 48.5 Å². The Hall–Kier alpha value is -2.93. The molecule has 26 heavy (non-hydrogen) atoms. The summed E-state index contributed by atoms with van der Waals surface area (Å²) in [6.45, 7) is 2.63. The molecule has 0 atom stereocenters. The number of hydrogen-bond acceptors (Lipinski definition) is 5. The molecule has 3 aromatic rings. The van der Waals surface area contributed by atoms with Crippen LogP contribution < -0.4 is 10.6 Å². The number of carbonyl (C=O) groups excluding carboxylic acids is 2. The lowest BCUT2D eigenvalue weighted by Crippen LogP contribution is -2.30. The molecule has 1 aromatic heterocycles. The number of esters is 1. The summed E-state index contributed by atoms with van der Waals surface area (Å²) in [5, 5.41) is 6.03. The molecule has 0 spiro atoms. The molecule has 6 nitrogen and oxygen atoms in total. The normalized spacial score (nSPS) is 10.5. The molecule has 0 saturated heterocycles. The van der Waals surface area contributed by atoms with Crippen LogP contribution in [0, 0.1) is 0 Å². The van der Waals surface area contributed by atoms with Crippen molar-refractivity contribution in [2.24, 2.45) is 0 Å². The molecule has 7 heteroatoms. The first kappa shape index (κ1) is 17.9. The second-order valence-corrected chi connectivity index (χ2v) is 6.57. The molecule has 1 heterocycles. The van der Waals surface area contributed by atoms with Crippen molar-refractivity contribution in [1.29, 1.82) is 0 Å². The molecule has 0 aliphatic carbocycles. The monoisotopic (exact) mass is 369 g/mol. The fraction of sp³-hybridized carbons (Fsp3) is 0.211. The topological polar surface area (TPSA) is 80.3 Å². The van der Waals surface area contributed by atoms with Crippen LogP contribution >= 0.6 is 11.3 Å². The van der Waals surface area contributed by atoms with Crippen molar-refractivity contribution in [2.75, 3.05) is 18.5 Å². The van der Waals surface area contributed by atoms with Gasteiger partial charge in [0.25, 0.3) is 0 Å². The van der Waals surface area contributed by atoms with E-state index in [9.17, 15) is 9.59 Å². The number of nitrogens with zero attached hydrogens (tertiary/aromatic N) is 1. The maximum Gasteiger partial charge on any atom is 0.338 e. The second-order valence-electron chi connectivity index (χ2n) is 5.54. The van der Waals surface area contributed by atoms with Gasteiger partial charge in [0.15, 0.2) is 5.13 Å². The Bertz CT molecular complexity index is 909. The van der Waals surface area contributed by atoms with E-state index in [1.807, 2.05) is 30.3 Å². The van der Waals surface area contributed by atoms with Gasteiger partial charge in [-0.05, 0) is 37.1 Å². The van der Waals surface area contributed by atoms with E-state index in [-0.39, 0.29) is 12.0 Å². The van der Waals surface area contributed by atoms with E-state index in [4.69, 9.17) is 4.74 Å². The molecular weight excluding hydrogens is 350 g/mol. The van der Waals surface area contributed by atoms with E-state index in [0.717, 1.165) is 16.6 Å². The van der Waals surface area contributed by atoms with Gasteiger partial charge in [0.05, 0.1) is 22.4 Å². The molecule has 2 amide bonds. The summed E-state index contributed by atoms with van der Waals surface area (Å²) >= 11 is 1.31. The first-order valence-electron chi connectivity index (χ1n) is 8.32. The third-order valence-electron chi connectivity index (χ3n) is 3.66. The zero-order valence-corrected chi connectivity index (χ0v) is 15.1. The predicted octanol–water partition coefficient (Wildman–Crippen LogP) is 3.84. The zero-order valence-electron chi connectivity index (χ0n) is 14.3. The highest BCUT2D eigenvalue weighted by atomic mass is 32.1. The van der Waals surface area contributed by atoms with Crippen LogP contribution in [-0.2, 0) is 11.2 Å². The summed E-state index contributed by atoms with van der Waals surface area (Å²) in [7, 11) is 0. The number of nitrogens with one attached hydrogen (secondary N) is 2. The zero-order chi connectivity index (χ0) is 18.4. The minimum absolute atomic E-state index is 0.300. The number of fused-ring (bicyclic) bond motifs is 1. The number of aromatic nitrogens is 1. The van der Waals surface area contributed by atoms with Crippen LogP contribution in [0.25, 0.3) is 10.2 Å². The van der Waals surface area contributed by atoms with Crippen LogP contribution in [-0.4, -0.2) is 30.1 Å². The summed E-state index contributed by atoms with van der Waals surface area (Å²) in [6, 6.07) is 14.8. The van der Waals surface area contributed by atoms with Crippen molar-refractivity contribution in [2.45, 2.75) is 13.3 Å². The Morgan fingerprint density at radius 1 is 1.15 bits per heavy atom. The maximum atomic E-state index is 12.0. The van der Waals surface area contributed by atoms with Gasteiger partial charge in [0, 0.05) is 6.54 Å². The smallest absolute Gasteiger partial charge is 0.338 e. The number of anilines is 1. The molecule has 0 fully saturated rings. The van der Waals surface area contributed by atoms with Gasteiger partial charge in [-0.25, -0.2) is 14.6 Å². The highest BCUT2D eigenvalue weighted by Gasteiger charge is 2.11. The van der Waals surface area contributed by atoms with E-state index in [2.05, 4.69) is 15.6 Å². The van der Waals surface area contributed by atoms with Gasteiger partial charge in [0.1, 0.15) is 0 Å². The minimum Gasteiger partial charge on any atom is -0.462 e. The number of carbonyl (C=O) groups is 2. The number of benzene rings is 2. The number of ether oxygens (including phenoxy) is 1. The average Bonchev–Trinajstić information content (AvgIpc) is 3.04. The second kappa shape index (κ2) is 8.44. The van der Waals surface area contributed by atoms with E-state index in [1.54, 1.807) is 25.1 Å². The van der Waals surface area contributed by atoms with Crippen molar-refractivity contribution < 1.29 is 14.3 Å². The highest BCUT2D eigenvalue weighted by Crippen LogP contribution is 2.27. The van der Waals surface area contributed by atoms with Crippen LogP contribution in [0.2, 0.25) is 0 Å². The molecule has 0 aliphatic rings. The first-order valence-corrected chi connectivity index (χ1v) is 9.14. The molecule has 0 saturated carbocycles. The van der Waals surface area contributed by atoms with Crippen molar-refractivity contribution in [1.82, 2.24) is 10.3 Å². The minimum atomic E-state index is -0.365. The molecule has 0 bridgehead atoms. The average molecular weight is 369 g/mol. The van der Waals surface area contributed by atoms with Gasteiger partial charge >= 0.3 is 12.0 Å². The fourth-order valence-electron chi connectivity index (χ4n) is 2.43. The summed E-state index contributed by atoms with van der Waals surface area (Å²) in [5.41, 5.74) is 2.36.